The standard InChI is InChI=1S/C10H14N2O/c1-12-6-4-9(12)8-13-10-3-2-5-11-7-10/h2-3,5,7,9H,4,6,8H2,1H3/t9-/m0/s1. The molecule has 1 fully saturated rings. The Morgan fingerprint density at radius 1 is 1.69 bits per heavy atom. The molecule has 70 valence electrons. The zero-order valence-electron chi connectivity index (χ0n) is 7.81. The molecule has 1 aromatic heterocycles. The summed E-state index contributed by atoms with van der Waals surface area (Å²) >= 11 is 0. The molecule has 3 heteroatoms. The Morgan fingerprint density at radius 2 is 2.62 bits per heavy atom. The number of likely N-dealkylation sites (tertiary alicyclic amines) is 1. The van der Waals surface area contributed by atoms with Gasteiger partial charge in [-0.25, -0.2) is 0 Å². The number of rotatable bonds is 3. The molecule has 0 amide bonds. The summed E-state index contributed by atoms with van der Waals surface area (Å²) in [6, 6.07) is 4.42. The van der Waals surface area contributed by atoms with E-state index >= 15 is 0 Å². The summed E-state index contributed by atoms with van der Waals surface area (Å²) in [4.78, 5) is 6.29. The topological polar surface area (TPSA) is 25.4 Å². The smallest absolute Gasteiger partial charge is 0.137 e. The summed E-state index contributed by atoms with van der Waals surface area (Å²) in [5, 5.41) is 0. The molecular weight excluding hydrogens is 164 g/mol. The van der Waals surface area contributed by atoms with Gasteiger partial charge in [-0.1, -0.05) is 0 Å². The number of aromatic nitrogens is 1. The highest BCUT2D eigenvalue weighted by Crippen LogP contribution is 2.16. The molecule has 0 radical (unpaired) electrons. The number of pyridine rings is 1. The van der Waals surface area contributed by atoms with E-state index in [4.69, 9.17) is 4.74 Å². The zero-order chi connectivity index (χ0) is 9.10. The third-order valence-corrected chi connectivity index (χ3v) is 2.52. The Hall–Kier alpha value is -1.09. The van der Waals surface area contributed by atoms with Gasteiger partial charge in [0, 0.05) is 12.2 Å². The summed E-state index contributed by atoms with van der Waals surface area (Å²) in [5.41, 5.74) is 0. The first-order valence-electron chi connectivity index (χ1n) is 4.59. The molecule has 1 aliphatic rings. The van der Waals surface area contributed by atoms with Crippen LogP contribution in [0.5, 0.6) is 5.75 Å². The van der Waals surface area contributed by atoms with Crippen LogP contribution in [0.4, 0.5) is 0 Å². The van der Waals surface area contributed by atoms with Gasteiger partial charge in [0.05, 0.1) is 6.20 Å². The zero-order valence-corrected chi connectivity index (χ0v) is 7.81. The van der Waals surface area contributed by atoms with Gasteiger partial charge in [0.2, 0.25) is 0 Å². The Kier molecular flexibility index (Phi) is 2.45. The lowest BCUT2D eigenvalue weighted by Gasteiger charge is -2.37. The number of likely N-dealkylation sites (N-methyl/N-ethyl adjacent to an activating group) is 1. The minimum Gasteiger partial charge on any atom is -0.490 e. The molecule has 1 aromatic rings. The van der Waals surface area contributed by atoms with Crippen molar-refractivity contribution in [1.29, 1.82) is 0 Å². The van der Waals surface area contributed by atoms with Crippen molar-refractivity contribution in [3.8, 4) is 5.75 Å². The Morgan fingerprint density at radius 3 is 3.15 bits per heavy atom. The van der Waals surface area contributed by atoms with Crippen molar-refractivity contribution >= 4 is 0 Å². The van der Waals surface area contributed by atoms with E-state index in [0.717, 1.165) is 12.4 Å². The Bertz CT molecular complexity index is 263. The molecule has 1 aliphatic heterocycles. The van der Waals surface area contributed by atoms with Crippen molar-refractivity contribution in [2.45, 2.75) is 12.5 Å². The van der Waals surface area contributed by atoms with E-state index in [1.165, 1.54) is 13.0 Å². The molecule has 0 N–H and O–H groups in total. The van der Waals surface area contributed by atoms with Crippen LogP contribution >= 0.6 is 0 Å². The molecule has 2 heterocycles. The van der Waals surface area contributed by atoms with Crippen molar-refractivity contribution in [3.05, 3.63) is 24.5 Å². The van der Waals surface area contributed by atoms with E-state index in [1.54, 1.807) is 12.4 Å². The van der Waals surface area contributed by atoms with E-state index in [2.05, 4.69) is 16.9 Å². The van der Waals surface area contributed by atoms with E-state index in [-0.39, 0.29) is 0 Å². The number of hydrogen-bond acceptors (Lipinski definition) is 3. The maximum Gasteiger partial charge on any atom is 0.137 e. The third kappa shape index (κ3) is 1.98. The van der Waals surface area contributed by atoms with Gasteiger partial charge >= 0.3 is 0 Å². The molecule has 0 spiro atoms. The van der Waals surface area contributed by atoms with Crippen molar-refractivity contribution in [2.75, 3.05) is 20.2 Å². The van der Waals surface area contributed by atoms with Gasteiger partial charge in [-0.3, -0.25) is 9.88 Å². The van der Waals surface area contributed by atoms with Crippen LogP contribution in [-0.4, -0.2) is 36.1 Å². The molecule has 3 nitrogen and oxygen atoms in total. The SMILES string of the molecule is CN1CC[C@H]1COc1cccnc1. The maximum absolute atomic E-state index is 5.58. The van der Waals surface area contributed by atoms with Crippen LogP contribution in [0.1, 0.15) is 6.42 Å². The van der Waals surface area contributed by atoms with Gasteiger partial charge in [-0.15, -0.1) is 0 Å². The first kappa shape index (κ1) is 8.51. The van der Waals surface area contributed by atoms with E-state index in [1.807, 2.05) is 12.1 Å². The fourth-order valence-corrected chi connectivity index (χ4v) is 1.41. The molecule has 1 atom stereocenters. The second-order valence-electron chi connectivity index (χ2n) is 3.42. The summed E-state index contributed by atoms with van der Waals surface area (Å²) in [6.07, 6.45) is 4.75. The normalized spacial score (nSPS) is 22.4. The lowest BCUT2D eigenvalue weighted by molar-refractivity contribution is 0.0767. The highest BCUT2D eigenvalue weighted by atomic mass is 16.5. The van der Waals surface area contributed by atoms with Crippen LogP contribution < -0.4 is 4.74 Å². The molecule has 0 saturated carbocycles. The first-order valence-corrected chi connectivity index (χ1v) is 4.59. The fourth-order valence-electron chi connectivity index (χ4n) is 1.41. The maximum atomic E-state index is 5.58. The van der Waals surface area contributed by atoms with Crippen LogP contribution in [0, 0.1) is 0 Å². The predicted octanol–water partition coefficient (Wildman–Crippen LogP) is 1.16. The first-order chi connectivity index (χ1) is 6.36. The van der Waals surface area contributed by atoms with Crippen molar-refractivity contribution in [3.63, 3.8) is 0 Å². The van der Waals surface area contributed by atoms with E-state index in [0.29, 0.717) is 6.04 Å². The largest absolute Gasteiger partial charge is 0.490 e. The molecule has 0 aliphatic carbocycles. The molecule has 0 unspecified atom stereocenters. The predicted molar refractivity (Wildman–Crippen MR) is 50.8 cm³/mol. The monoisotopic (exact) mass is 178 g/mol. The van der Waals surface area contributed by atoms with E-state index in [9.17, 15) is 0 Å². The minimum absolute atomic E-state index is 0.597. The molecule has 1 saturated heterocycles. The fraction of sp³-hybridized carbons (Fsp3) is 0.500. The number of ether oxygens (including phenoxy) is 1. The third-order valence-electron chi connectivity index (χ3n) is 2.52. The highest BCUT2D eigenvalue weighted by molar-refractivity contribution is 5.15. The van der Waals surface area contributed by atoms with Gasteiger partial charge in [0.15, 0.2) is 0 Å². The van der Waals surface area contributed by atoms with Gasteiger partial charge in [0.1, 0.15) is 12.4 Å². The molecule has 0 aromatic carbocycles. The van der Waals surface area contributed by atoms with Crippen molar-refractivity contribution in [2.24, 2.45) is 0 Å². The summed E-state index contributed by atoms with van der Waals surface area (Å²) in [5.74, 6) is 0.864. The lowest BCUT2D eigenvalue weighted by atomic mass is 10.1. The second-order valence-corrected chi connectivity index (χ2v) is 3.42. The number of hydrogen-bond donors (Lipinski definition) is 0. The van der Waals surface area contributed by atoms with Crippen LogP contribution in [0.25, 0.3) is 0 Å². The molecular formula is C10H14N2O. The second kappa shape index (κ2) is 3.75. The van der Waals surface area contributed by atoms with Gasteiger partial charge in [-0.05, 0) is 32.1 Å². The Labute approximate surface area is 78.3 Å². The summed E-state index contributed by atoms with van der Waals surface area (Å²) in [7, 11) is 2.13. The minimum atomic E-state index is 0.597. The quantitative estimate of drug-likeness (QED) is 0.694. The average molecular weight is 178 g/mol. The van der Waals surface area contributed by atoms with E-state index < -0.39 is 0 Å². The number of nitrogens with zero attached hydrogens (tertiary/aromatic N) is 2. The lowest BCUT2D eigenvalue weighted by Crippen LogP contribution is -2.48. The van der Waals surface area contributed by atoms with Crippen LogP contribution in [0.2, 0.25) is 0 Å². The van der Waals surface area contributed by atoms with Gasteiger partial charge < -0.3 is 4.74 Å². The molecule has 2 rings (SSSR count). The van der Waals surface area contributed by atoms with Crippen molar-refractivity contribution < 1.29 is 4.74 Å². The Balaban J connectivity index is 1.80. The molecule has 0 bridgehead atoms. The van der Waals surface area contributed by atoms with Crippen molar-refractivity contribution in [1.82, 2.24) is 9.88 Å². The van der Waals surface area contributed by atoms with Gasteiger partial charge in [-0.2, -0.15) is 0 Å². The average Bonchev–Trinajstić information content (AvgIpc) is 2.17. The summed E-state index contributed by atoms with van der Waals surface area (Å²) in [6.45, 7) is 1.98. The van der Waals surface area contributed by atoms with Crippen LogP contribution in [0.3, 0.4) is 0 Å². The van der Waals surface area contributed by atoms with Crippen LogP contribution in [-0.2, 0) is 0 Å². The summed E-state index contributed by atoms with van der Waals surface area (Å²) < 4.78 is 5.58. The molecule has 13 heavy (non-hydrogen) atoms. The van der Waals surface area contributed by atoms with Gasteiger partial charge in [0.25, 0.3) is 0 Å². The van der Waals surface area contributed by atoms with Crippen LogP contribution in [0.15, 0.2) is 24.5 Å². The highest BCUT2D eigenvalue weighted by Gasteiger charge is 2.24.